The van der Waals surface area contributed by atoms with E-state index in [1.54, 1.807) is 0 Å². The first-order valence-electron chi connectivity index (χ1n) is 5.70. The Morgan fingerprint density at radius 3 is 2.59 bits per heavy atom. The molecular formula is C12H16N2O3. The number of rotatable bonds is 2. The molecule has 0 spiro atoms. The van der Waals surface area contributed by atoms with E-state index in [-0.39, 0.29) is 29.0 Å². The van der Waals surface area contributed by atoms with Crippen LogP contribution in [0.4, 0.5) is 0 Å². The van der Waals surface area contributed by atoms with Crippen molar-refractivity contribution in [3.8, 4) is 11.5 Å². The molecule has 1 unspecified atom stereocenters. The molecular weight excluding hydrogens is 220 g/mol. The van der Waals surface area contributed by atoms with Crippen molar-refractivity contribution < 1.29 is 15.0 Å². The molecule has 17 heavy (non-hydrogen) atoms. The fraction of sp³-hybridized carbons (Fsp3) is 0.417. The normalized spacial score (nSPS) is 19.9. The van der Waals surface area contributed by atoms with Crippen LogP contribution in [-0.2, 0) is 0 Å². The number of carbonyl (C=O) groups excluding carboxylic acids is 1. The van der Waals surface area contributed by atoms with E-state index in [2.05, 4.69) is 10.6 Å². The number of carbonyl (C=O) groups is 1. The van der Waals surface area contributed by atoms with Crippen molar-refractivity contribution in [1.29, 1.82) is 0 Å². The second-order valence-electron chi connectivity index (χ2n) is 4.25. The largest absolute Gasteiger partial charge is 0.508 e. The van der Waals surface area contributed by atoms with Gasteiger partial charge in [0, 0.05) is 24.2 Å². The highest BCUT2D eigenvalue weighted by molar-refractivity contribution is 5.95. The van der Waals surface area contributed by atoms with Crippen LogP contribution in [0.3, 0.4) is 0 Å². The van der Waals surface area contributed by atoms with Crippen LogP contribution in [0.5, 0.6) is 11.5 Å². The second kappa shape index (κ2) is 5.05. The number of hydrogen-bond donors (Lipinski definition) is 4. The summed E-state index contributed by atoms with van der Waals surface area (Å²) in [6, 6.07) is 3.98. The van der Waals surface area contributed by atoms with Gasteiger partial charge in [-0.1, -0.05) is 0 Å². The number of phenols is 2. The highest BCUT2D eigenvalue weighted by Gasteiger charge is 2.16. The molecule has 0 aliphatic carbocycles. The molecule has 1 heterocycles. The van der Waals surface area contributed by atoms with Crippen molar-refractivity contribution in [3.05, 3.63) is 23.8 Å². The first-order chi connectivity index (χ1) is 8.15. The van der Waals surface area contributed by atoms with Crippen LogP contribution < -0.4 is 10.6 Å². The fourth-order valence-electron chi connectivity index (χ4n) is 1.97. The Balaban J connectivity index is 2.03. The van der Waals surface area contributed by atoms with E-state index < -0.39 is 0 Å². The molecule has 0 aromatic heterocycles. The average molecular weight is 236 g/mol. The van der Waals surface area contributed by atoms with Gasteiger partial charge >= 0.3 is 0 Å². The van der Waals surface area contributed by atoms with E-state index >= 15 is 0 Å². The SMILES string of the molecule is O=C(NC1CCCNC1)c1cc(O)cc(O)c1. The lowest BCUT2D eigenvalue weighted by molar-refractivity contribution is 0.0930. The molecule has 1 aromatic rings. The highest BCUT2D eigenvalue weighted by Crippen LogP contribution is 2.20. The number of piperidine rings is 1. The maximum absolute atomic E-state index is 11.9. The maximum Gasteiger partial charge on any atom is 0.251 e. The fourth-order valence-corrected chi connectivity index (χ4v) is 1.97. The van der Waals surface area contributed by atoms with Crippen molar-refractivity contribution in [3.63, 3.8) is 0 Å². The molecule has 92 valence electrons. The third-order valence-electron chi connectivity index (χ3n) is 2.80. The summed E-state index contributed by atoms with van der Waals surface area (Å²) in [7, 11) is 0. The van der Waals surface area contributed by atoms with Crippen LogP contribution in [0.1, 0.15) is 23.2 Å². The molecule has 5 nitrogen and oxygen atoms in total. The van der Waals surface area contributed by atoms with Crippen LogP contribution in [0.15, 0.2) is 18.2 Å². The third kappa shape index (κ3) is 3.10. The zero-order valence-corrected chi connectivity index (χ0v) is 9.44. The van der Waals surface area contributed by atoms with E-state index in [4.69, 9.17) is 0 Å². The van der Waals surface area contributed by atoms with Crippen LogP contribution in [0.25, 0.3) is 0 Å². The molecule has 0 saturated carbocycles. The number of nitrogens with one attached hydrogen (secondary N) is 2. The van der Waals surface area contributed by atoms with Crippen LogP contribution >= 0.6 is 0 Å². The quantitative estimate of drug-likeness (QED) is 0.605. The predicted molar refractivity (Wildman–Crippen MR) is 63.1 cm³/mol. The number of benzene rings is 1. The van der Waals surface area contributed by atoms with Gasteiger partial charge in [-0.05, 0) is 31.5 Å². The number of hydrogen-bond acceptors (Lipinski definition) is 4. The Kier molecular flexibility index (Phi) is 3.49. The Morgan fingerprint density at radius 2 is 2.00 bits per heavy atom. The summed E-state index contributed by atoms with van der Waals surface area (Å²) in [6.45, 7) is 1.75. The summed E-state index contributed by atoms with van der Waals surface area (Å²) in [5, 5.41) is 24.7. The molecule has 1 amide bonds. The zero-order valence-electron chi connectivity index (χ0n) is 9.44. The lowest BCUT2D eigenvalue weighted by atomic mass is 10.1. The van der Waals surface area contributed by atoms with Crippen molar-refractivity contribution in [2.24, 2.45) is 0 Å². The summed E-state index contributed by atoms with van der Waals surface area (Å²) in [5.74, 6) is -0.501. The Hall–Kier alpha value is -1.75. The minimum absolute atomic E-state index is 0.112. The number of aromatic hydroxyl groups is 2. The molecule has 1 aromatic carbocycles. The third-order valence-corrected chi connectivity index (χ3v) is 2.80. The highest BCUT2D eigenvalue weighted by atomic mass is 16.3. The van der Waals surface area contributed by atoms with E-state index in [9.17, 15) is 15.0 Å². The van der Waals surface area contributed by atoms with Crippen molar-refractivity contribution in [2.45, 2.75) is 18.9 Å². The lowest BCUT2D eigenvalue weighted by Gasteiger charge is -2.23. The summed E-state index contributed by atoms with van der Waals surface area (Å²) in [5.41, 5.74) is 0.271. The Labute approximate surface area is 99.5 Å². The minimum atomic E-state index is -0.273. The van der Waals surface area contributed by atoms with Crippen molar-refractivity contribution in [2.75, 3.05) is 13.1 Å². The Morgan fingerprint density at radius 1 is 1.29 bits per heavy atom. The first kappa shape index (κ1) is 11.7. The molecule has 1 aliphatic heterocycles. The van der Waals surface area contributed by atoms with Crippen molar-refractivity contribution >= 4 is 5.91 Å². The smallest absolute Gasteiger partial charge is 0.251 e. The molecule has 5 heteroatoms. The topological polar surface area (TPSA) is 81.6 Å². The van der Waals surface area contributed by atoms with Gasteiger partial charge in [0.25, 0.3) is 5.91 Å². The van der Waals surface area contributed by atoms with Gasteiger partial charge in [-0.15, -0.1) is 0 Å². The van der Waals surface area contributed by atoms with Gasteiger partial charge < -0.3 is 20.8 Å². The summed E-state index contributed by atoms with van der Waals surface area (Å²) in [4.78, 5) is 11.9. The van der Waals surface area contributed by atoms with Gasteiger partial charge in [0.2, 0.25) is 0 Å². The van der Waals surface area contributed by atoms with E-state index in [0.717, 1.165) is 25.9 Å². The van der Waals surface area contributed by atoms with Gasteiger partial charge in [-0.25, -0.2) is 0 Å². The van der Waals surface area contributed by atoms with Gasteiger partial charge in [0.15, 0.2) is 0 Å². The van der Waals surface area contributed by atoms with Crippen LogP contribution in [0, 0.1) is 0 Å². The van der Waals surface area contributed by atoms with E-state index in [0.29, 0.717) is 0 Å². The number of phenolic OH excluding ortho intramolecular Hbond substituents is 2. The lowest BCUT2D eigenvalue weighted by Crippen LogP contribution is -2.45. The van der Waals surface area contributed by atoms with Gasteiger partial charge in [-0.3, -0.25) is 4.79 Å². The van der Waals surface area contributed by atoms with Gasteiger partial charge in [-0.2, -0.15) is 0 Å². The molecule has 0 radical (unpaired) electrons. The zero-order chi connectivity index (χ0) is 12.3. The standard InChI is InChI=1S/C12H16N2O3/c15-10-4-8(5-11(16)6-10)12(17)14-9-2-1-3-13-7-9/h4-6,9,13,15-16H,1-3,7H2,(H,14,17). The monoisotopic (exact) mass is 236 g/mol. The molecule has 1 saturated heterocycles. The van der Waals surface area contributed by atoms with Crippen molar-refractivity contribution in [1.82, 2.24) is 10.6 Å². The van der Waals surface area contributed by atoms with Gasteiger partial charge in [0.05, 0.1) is 0 Å². The molecule has 4 N–H and O–H groups in total. The Bertz CT molecular complexity index is 394. The van der Waals surface area contributed by atoms with Gasteiger partial charge in [0.1, 0.15) is 11.5 Å². The minimum Gasteiger partial charge on any atom is -0.508 e. The molecule has 1 fully saturated rings. The first-order valence-corrected chi connectivity index (χ1v) is 5.70. The molecule has 1 atom stereocenters. The second-order valence-corrected chi connectivity index (χ2v) is 4.25. The maximum atomic E-state index is 11.9. The number of amides is 1. The summed E-state index contributed by atoms with van der Waals surface area (Å²) in [6.07, 6.45) is 1.99. The van der Waals surface area contributed by atoms with E-state index in [1.807, 2.05) is 0 Å². The average Bonchev–Trinajstić information content (AvgIpc) is 2.29. The van der Waals surface area contributed by atoms with Crippen LogP contribution in [0.2, 0.25) is 0 Å². The summed E-state index contributed by atoms with van der Waals surface area (Å²) >= 11 is 0. The predicted octanol–water partition coefficient (Wildman–Crippen LogP) is 0.580. The van der Waals surface area contributed by atoms with E-state index in [1.165, 1.54) is 18.2 Å². The van der Waals surface area contributed by atoms with Crippen LogP contribution in [-0.4, -0.2) is 35.3 Å². The molecule has 0 bridgehead atoms. The summed E-state index contributed by atoms with van der Waals surface area (Å²) < 4.78 is 0. The molecule has 1 aliphatic rings. The molecule has 2 rings (SSSR count).